The van der Waals surface area contributed by atoms with E-state index < -0.39 is 0 Å². The summed E-state index contributed by atoms with van der Waals surface area (Å²) in [6.45, 7) is 1.93. The van der Waals surface area contributed by atoms with Crippen LogP contribution in [0.4, 0.5) is 0 Å². The van der Waals surface area contributed by atoms with Gasteiger partial charge in [-0.3, -0.25) is 4.79 Å². The summed E-state index contributed by atoms with van der Waals surface area (Å²) < 4.78 is 1.06. The molecule has 0 aliphatic heterocycles. The van der Waals surface area contributed by atoms with Crippen LogP contribution in [0.5, 0.6) is 0 Å². The molecule has 3 heteroatoms. The van der Waals surface area contributed by atoms with Crippen molar-refractivity contribution in [2.45, 2.75) is 18.2 Å². The van der Waals surface area contributed by atoms with Gasteiger partial charge in [0.05, 0.1) is 0 Å². The lowest BCUT2D eigenvalue weighted by molar-refractivity contribution is -0.114. The van der Waals surface area contributed by atoms with Crippen molar-refractivity contribution in [1.29, 1.82) is 0 Å². The lowest BCUT2D eigenvalue weighted by atomic mass is 9.92. The third-order valence-corrected chi connectivity index (χ3v) is 5.17. The highest BCUT2D eigenvalue weighted by Gasteiger charge is 2.22. The van der Waals surface area contributed by atoms with E-state index in [0.717, 1.165) is 25.4 Å². The van der Waals surface area contributed by atoms with Crippen molar-refractivity contribution in [3.63, 3.8) is 0 Å². The molecule has 0 spiro atoms. The van der Waals surface area contributed by atoms with Crippen LogP contribution in [0, 0.1) is 0 Å². The predicted octanol–water partition coefficient (Wildman–Crippen LogP) is 5.10. The van der Waals surface area contributed by atoms with E-state index in [9.17, 15) is 4.79 Å². The number of benzene rings is 2. The summed E-state index contributed by atoms with van der Waals surface area (Å²) in [5.41, 5.74) is 3.19. The number of carbonyl (C=O) groups excluding carboxylic acids is 1. The Labute approximate surface area is 131 Å². The molecule has 0 heterocycles. The van der Waals surface area contributed by atoms with Gasteiger partial charge >= 0.3 is 0 Å². The van der Waals surface area contributed by atoms with E-state index in [4.69, 9.17) is 0 Å². The minimum atomic E-state index is 0.225. The second kappa shape index (κ2) is 5.58. The molecule has 0 fully saturated rings. The summed E-state index contributed by atoms with van der Waals surface area (Å²) in [4.78, 5) is 14.4. The van der Waals surface area contributed by atoms with E-state index in [1.54, 1.807) is 11.8 Å². The highest BCUT2D eigenvalue weighted by molar-refractivity contribution is 9.10. The van der Waals surface area contributed by atoms with Crippen molar-refractivity contribution in [2.24, 2.45) is 0 Å². The van der Waals surface area contributed by atoms with E-state index in [1.165, 1.54) is 5.56 Å². The molecule has 0 unspecified atom stereocenters. The van der Waals surface area contributed by atoms with E-state index in [1.807, 2.05) is 37.3 Å². The number of halogens is 1. The maximum atomic E-state index is 12.1. The van der Waals surface area contributed by atoms with Gasteiger partial charge in [0, 0.05) is 26.3 Å². The van der Waals surface area contributed by atoms with Crippen molar-refractivity contribution in [2.75, 3.05) is 0 Å². The Bertz CT molecular complexity index is 701. The summed E-state index contributed by atoms with van der Waals surface area (Å²) in [5, 5.41) is 0. The van der Waals surface area contributed by atoms with Crippen molar-refractivity contribution < 1.29 is 4.79 Å². The van der Waals surface area contributed by atoms with E-state index in [2.05, 4.69) is 34.1 Å². The van der Waals surface area contributed by atoms with Gasteiger partial charge in [0.1, 0.15) is 0 Å². The smallest absolute Gasteiger partial charge is 0.164 e. The second-order valence-electron chi connectivity index (χ2n) is 4.77. The van der Waals surface area contributed by atoms with Crippen LogP contribution in [0.1, 0.15) is 18.1 Å². The van der Waals surface area contributed by atoms with Crippen LogP contribution in [0.2, 0.25) is 0 Å². The Morgan fingerprint density at radius 3 is 2.50 bits per heavy atom. The number of carbonyl (C=O) groups is 1. The highest BCUT2D eigenvalue weighted by Crippen LogP contribution is 2.41. The predicted molar refractivity (Wildman–Crippen MR) is 87.7 cm³/mol. The Morgan fingerprint density at radius 2 is 1.75 bits per heavy atom. The molecule has 0 N–H and O–H groups in total. The number of rotatable bonds is 2. The molecule has 100 valence electrons. The molecule has 0 aromatic heterocycles. The van der Waals surface area contributed by atoms with Crippen LogP contribution >= 0.6 is 27.7 Å². The minimum absolute atomic E-state index is 0.225. The standard InChI is InChI=1S/C17H13BrOS/c1-11-16(19)10-12-4-2-3-5-15(12)17(11)20-14-8-6-13(18)7-9-14/h2-9H,10H2,1H3. The number of ketones is 1. The first-order chi connectivity index (χ1) is 9.65. The zero-order valence-corrected chi connectivity index (χ0v) is 13.4. The Kier molecular flexibility index (Phi) is 3.81. The van der Waals surface area contributed by atoms with Crippen LogP contribution < -0.4 is 0 Å². The van der Waals surface area contributed by atoms with Crippen LogP contribution in [0.3, 0.4) is 0 Å². The van der Waals surface area contributed by atoms with Gasteiger partial charge in [-0.2, -0.15) is 0 Å². The van der Waals surface area contributed by atoms with Crippen LogP contribution in [-0.4, -0.2) is 5.78 Å². The maximum absolute atomic E-state index is 12.1. The topological polar surface area (TPSA) is 17.1 Å². The molecule has 0 atom stereocenters. The molecule has 0 radical (unpaired) electrons. The van der Waals surface area contributed by atoms with Crippen molar-refractivity contribution in [3.05, 3.63) is 69.7 Å². The third kappa shape index (κ3) is 2.60. The first kappa shape index (κ1) is 13.7. The average molecular weight is 345 g/mol. The summed E-state index contributed by atoms with van der Waals surface area (Å²) in [7, 11) is 0. The minimum Gasteiger partial charge on any atom is -0.294 e. The average Bonchev–Trinajstić information content (AvgIpc) is 2.46. The zero-order valence-electron chi connectivity index (χ0n) is 11.0. The Balaban J connectivity index is 2.03. The van der Waals surface area contributed by atoms with Gasteiger partial charge < -0.3 is 0 Å². The summed E-state index contributed by atoms with van der Waals surface area (Å²) in [6.07, 6.45) is 0.520. The zero-order chi connectivity index (χ0) is 14.1. The lowest BCUT2D eigenvalue weighted by Gasteiger charge is -2.20. The number of hydrogen-bond acceptors (Lipinski definition) is 2. The molecule has 0 bridgehead atoms. The molecule has 1 aliphatic rings. The molecule has 3 rings (SSSR count). The van der Waals surface area contributed by atoms with Crippen molar-refractivity contribution in [1.82, 2.24) is 0 Å². The summed E-state index contributed by atoms with van der Waals surface area (Å²) >= 11 is 5.11. The molecule has 0 saturated heterocycles. The fourth-order valence-electron chi connectivity index (χ4n) is 2.28. The van der Waals surface area contributed by atoms with E-state index >= 15 is 0 Å². The summed E-state index contributed by atoms with van der Waals surface area (Å²) in [5.74, 6) is 0.225. The molecule has 2 aromatic carbocycles. The van der Waals surface area contributed by atoms with Crippen LogP contribution in [0.25, 0.3) is 4.91 Å². The van der Waals surface area contributed by atoms with E-state index in [0.29, 0.717) is 6.42 Å². The molecule has 0 saturated carbocycles. The number of fused-ring (bicyclic) bond motifs is 1. The Morgan fingerprint density at radius 1 is 1.05 bits per heavy atom. The normalized spacial score (nSPS) is 14.4. The fraction of sp³-hybridized carbons (Fsp3) is 0.118. The Hall–Kier alpha value is -1.32. The monoisotopic (exact) mass is 344 g/mol. The van der Waals surface area contributed by atoms with Gasteiger partial charge in [-0.25, -0.2) is 0 Å². The maximum Gasteiger partial charge on any atom is 0.164 e. The molecule has 1 aliphatic carbocycles. The van der Waals surface area contributed by atoms with Gasteiger partial charge in [-0.05, 0) is 42.3 Å². The SMILES string of the molecule is CC1=C(Sc2ccc(Br)cc2)c2ccccc2CC1=O. The number of allylic oxidation sites excluding steroid dienone is 1. The van der Waals surface area contributed by atoms with Crippen molar-refractivity contribution >= 4 is 38.4 Å². The largest absolute Gasteiger partial charge is 0.294 e. The lowest BCUT2D eigenvalue weighted by Crippen LogP contribution is -2.12. The summed E-state index contributed by atoms with van der Waals surface area (Å²) in [6, 6.07) is 16.4. The van der Waals surface area contributed by atoms with E-state index in [-0.39, 0.29) is 5.78 Å². The van der Waals surface area contributed by atoms with Gasteiger partial charge in [0.15, 0.2) is 5.78 Å². The molecule has 1 nitrogen and oxygen atoms in total. The van der Waals surface area contributed by atoms with Gasteiger partial charge in [-0.1, -0.05) is 52.0 Å². The molecule has 0 amide bonds. The second-order valence-corrected chi connectivity index (χ2v) is 6.77. The number of thioether (sulfide) groups is 1. The molecular formula is C17H13BrOS. The van der Waals surface area contributed by atoms with Crippen molar-refractivity contribution in [3.8, 4) is 0 Å². The van der Waals surface area contributed by atoms with Gasteiger partial charge in [0.2, 0.25) is 0 Å². The fourth-order valence-corrected chi connectivity index (χ4v) is 3.63. The number of Topliss-reactive ketones (excluding diaryl/α,β-unsaturated/α-hetero) is 1. The van der Waals surface area contributed by atoms with Crippen LogP contribution in [-0.2, 0) is 11.2 Å². The molecule has 2 aromatic rings. The highest BCUT2D eigenvalue weighted by atomic mass is 79.9. The van der Waals surface area contributed by atoms with Gasteiger partial charge in [0.25, 0.3) is 0 Å². The molecule has 20 heavy (non-hydrogen) atoms. The number of hydrogen-bond donors (Lipinski definition) is 0. The quantitative estimate of drug-likeness (QED) is 0.753. The van der Waals surface area contributed by atoms with Crippen LogP contribution in [0.15, 0.2) is 63.5 Å². The first-order valence-corrected chi connectivity index (χ1v) is 8.02. The third-order valence-electron chi connectivity index (χ3n) is 3.41. The molecular weight excluding hydrogens is 332 g/mol. The first-order valence-electron chi connectivity index (χ1n) is 6.41. The van der Waals surface area contributed by atoms with Gasteiger partial charge in [-0.15, -0.1) is 0 Å².